The minimum absolute atomic E-state index is 0.163. The Morgan fingerprint density at radius 2 is 1.93 bits per heavy atom. The van der Waals surface area contributed by atoms with Crippen LogP contribution < -0.4 is 10.7 Å². The summed E-state index contributed by atoms with van der Waals surface area (Å²) in [7, 11) is 0. The molecule has 0 aliphatic heterocycles. The molecule has 0 saturated heterocycles. The molecule has 0 aliphatic rings. The van der Waals surface area contributed by atoms with Crippen LogP contribution in [0.5, 0.6) is 0 Å². The van der Waals surface area contributed by atoms with E-state index in [0.29, 0.717) is 16.5 Å². The summed E-state index contributed by atoms with van der Waals surface area (Å²) in [5, 5.41) is 7.06. The van der Waals surface area contributed by atoms with E-state index in [1.165, 1.54) is 16.8 Å². The molecule has 1 aromatic heterocycles. The molecule has 1 atom stereocenters. The standard InChI is InChI=1S/C19H16F3N3O2/c1-12(13-5-4-6-14(9-13)19(20,21)22)24-18(27)11-25-16-8-3-2-7-15(16)17(26)10-23-25/h2-10,12H,11H2,1H3,(H,24,27)/t12-/m1/s1. The van der Waals surface area contributed by atoms with Crippen molar-refractivity contribution < 1.29 is 18.0 Å². The molecule has 140 valence electrons. The molecule has 5 nitrogen and oxygen atoms in total. The summed E-state index contributed by atoms with van der Waals surface area (Å²) in [6, 6.07) is 10.9. The van der Waals surface area contributed by atoms with Crippen molar-refractivity contribution in [2.75, 3.05) is 0 Å². The Balaban J connectivity index is 1.77. The number of carbonyl (C=O) groups is 1. The number of amides is 1. The van der Waals surface area contributed by atoms with Gasteiger partial charge in [-0.1, -0.05) is 24.3 Å². The van der Waals surface area contributed by atoms with Crippen molar-refractivity contribution in [2.45, 2.75) is 25.7 Å². The van der Waals surface area contributed by atoms with Crippen LogP contribution in [-0.4, -0.2) is 15.7 Å². The average Bonchev–Trinajstić information content (AvgIpc) is 2.63. The van der Waals surface area contributed by atoms with E-state index in [2.05, 4.69) is 10.4 Å². The van der Waals surface area contributed by atoms with Gasteiger partial charge in [0.15, 0.2) is 0 Å². The monoisotopic (exact) mass is 375 g/mol. The molecule has 1 amide bonds. The van der Waals surface area contributed by atoms with Crippen molar-refractivity contribution in [1.29, 1.82) is 0 Å². The van der Waals surface area contributed by atoms with Crippen molar-refractivity contribution >= 4 is 16.8 Å². The fraction of sp³-hybridized carbons (Fsp3) is 0.211. The van der Waals surface area contributed by atoms with Crippen LogP contribution in [0.15, 0.2) is 59.5 Å². The van der Waals surface area contributed by atoms with Crippen molar-refractivity contribution in [1.82, 2.24) is 15.1 Å². The van der Waals surface area contributed by atoms with Gasteiger partial charge in [0.25, 0.3) is 0 Å². The van der Waals surface area contributed by atoms with Crippen LogP contribution in [0.2, 0.25) is 0 Å². The van der Waals surface area contributed by atoms with E-state index in [9.17, 15) is 22.8 Å². The first kappa shape index (κ1) is 18.6. The van der Waals surface area contributed by atoms with Gasteiger partial charge in [0.2, 0.25) is 11.3 Å². The highest BCUT2D eigenvalue weighted by Gasteiger charge is 2.30. The second-order valence-corrected chi connectivity index (χ2v) is 6.10. The predicted molar refractivity (Wildman–Crippen MR) is 94.0 cm³/mol. The molecule has 0 bridgehead atoms. The maximum absolute atomic E-state index is 12.8. The number of para-hydroxylation sites is 1. The summed E-state index contributed by atoms with van der Waals surface area (Å²) in [6.45, 7) is 1.44. The molecular weight excluding hydrogens is 359 g/mol. The molecule has 2 aromatic carbocycles. The van der Waals surface area contributed by atoms with Gasteiger partial charge >= 0.3 is 6.18 Å². The quantitative estimate of drug-likeness (QED) is 0.761. The van der Waals surface area contributed by atoms with Gasteiger partial charge in [-0.25, -0.2) is 0 Å². The van der Waals surface area contributed by atoms with E-state index in [0.717, 1.165) is 18.3 Å². The number of nitrogens with zero attached hydrogens (tertiary/aromatic N) is 2. The largest absolute Gasteiger partial charge is 0.416 e. The van der Waals surface area contributed by atoms with Gasteiger partial charge in [0, 0.05) is 5.39 Å². The number of nitrogens with one attached hydrogen (secondary N) is 1. The molecule has 0 spiro atoms. The number of halogens is 3. The van der Waals surface area contributed by atoms with Gasteiger partial charge in [-0.15, -0.1) is 0 Å². The summed E-state index contributed by atoms with van der Waals surface area (Å²) in [5.41, 5.74) is -0.170. The molecule has 0 unspecified atom stereocenters. The lowest BCUT2D eigenvalue weighted by Crippen LogP contribution is -2.31. The highest BCUT2D eigenvalue weighted by molar-refractivity contribution is 5.81. The Morgan fingerprint density at radius 3 is 2.67 bits per heavy atom. The molecule has 3 rings (SSSR count). The lowest BCUT2D eigenvalue weighted by Gasteiger charge is -2.17. The first-order valence-electron chi connectivity index (χ1n) is 8.17. The number of benzene rings is 2. The number of fused-ring (bicyclic) bond motifs is 1. The maximum atomic E-state index is 12.8. The summed E-state index contributed by atoms with van der Waals surface area (Å²) in [5.74, 6) is -0.429. The zero-order valence-electron chi connectivity index (χ0n) is 14.3. The van der Waals surface area contributed by atoms with E-state index >= 15 is 0 Å². The predicted octanol–water partition coefficient (Wildman–Crippen LogP) is 3.29. The van der Waals surface area contributed by atoms with Crippen molar-refractivity contribution in [3.05, 3.63) is 76.1 Å². The van der Waals surface area contributed by atoms with Gasteiger partial charge in [0.1, 0.15) is 6.54 Å². The number of carbonyl (C=O) groups excluding carboxylic acids is 1. The van der Waals surface area contributed by atoms with Crippen LogP contribution >= 0.6 is 0 Å². The second kappa shape index (κ2) is 7.22. The third-order valence-electron chi connectivity index (χ3n) is 4.15. The highest BCUT2D eigenvalue weighted by Crippen LogP contribution is 2.30. The Labute approximate surface area is 152 Å². The van der Waals surface area contributed by atoms with Crippen LogP contribution in [0.1, 0.15) is 24.1 Å². The van der Waals surface area contributed by atoms with Crippen molar-refractivity contribution in [3.63, 3.8) is 0 Å². The Hall–Kier alpha value is -3.16. The third kappa shape index (κ3) is 4.16. The fourth-order valence-corrected chi connectivity index (χ4v) is 2.78. The van der Waals surface area contributed by atoms with Gasteiger partial charge in [-0.3, -0.25) is 14.3 Å². The van der Waals surface area contributed by atoms with E-state index in [4.69, 9.17) is 0 Å². The molecule has 0 radical (unpaired) electrons. The van der Waals surface area contributed by atoms with Crippen LogP contribution in [0.3, 0.4) is 0 Å². The second-order valence-electron chi connectivity index (χ2n) is 6.10. The van der Waals surface area contributed by atoms with Gasteiger partial charge < -0.3 is 5.32 Å². The molecule has 8 heteroatoms. The number of aromatic nitrogens is 2. The van der Waals surface area contributed by atoms with Gasteiger partial charge in [0.05, 0.1) is 23.3 Å². The topological polar surface area (TPSA) is 64.0 Å². The highest BCUT2D eigenvalue weighted by atomic mass is 19.4. The maximum Gasteiger partial charge on any atom is 0.416 e. The molecule has 0 saturated carbocycles. The molecule has 1 heterocycles. The lowest BCUT2D eigenvalue weighted by molar-refractivity contribution is -0.137. The zero-order valence-corrected chi connectivity index (χ0v) is 14.3. The van der Waals surface area contributed by atoms with Crippen LogP contribution in [-0.2, 0) is 17.5 Å². The first-order chi connectivity index (χ1) is 12.8. The number of hydrogen-bond donors (Lipinski definition) is 1. The number of alkyl halides is 3. The third-order valence-corrected chi connectivity index (χ3v) is 4.15. The number of hydrogen-bond acceptors (Lipinski definition) is 3. The smallest absolute Gasteiger partial charge is 0.348 e. The summed E-state index contributed by atoms with van der Waals surface area (Å²) in [6.07, 6.45) is -3.32. The zero-order chi connectivity index (χ0) is 19.6. The van der Waals surface area contributed by atoms with Gasteiger partial charge in [-0.05, 0) is 36.8 Å². The molecule has 3 aromatic rings. The minimum atomic E-state index is -4.45. The van der Waals surface area contributed by atoms with Crippen molar-refractivity contribution in [3.8, 4) is 0 Å². The van der Waals surface area contributed by atoms with E-state index in [-0.39, 0.29) is 12.0 Å². The van der Waals surface area contributed by atoms with Crippen LogP contribution in [0.4, 0.5) is 13.2 Å². The first-order valence-corrected chi connectivity index (χ1v) is 8.17. The van der Waals surface area contributed by atoms with Crippen molar-refractivity contribution in [2.24, 2.45) is 0 Å². The van der Waals surface area contributed by atoms with E-state index in [1.807, 2.05) is 0 Å². The average molecular weight is 375 g/mol. The summed E-state index contributed by atoms with van der Waals surface area (Å²) >= 11 is 0. The fourth-order valence-electron chi connectivity index (χ4n) is 2.78. The molecule has 0 aliphatic carbocycles. The Kier molecular flexibility index (Phi) is 4.98. The normalized spacial score (nSPS) is 12.7. The van der Waals surface area contributed by atoms with Crippen LogP contribution in [0, 0.1) is 0 Å². The Morgan fingerprint density at radius 1 is 1.19 bits per heavy atom. The molecular formula is C19H16F3N3O2. The van der Waals surface area contributed by atoms with E-state index < -0.39 is 23.7 Å². The summed E-state index contributed by atoms with van der Waals surface area (Å²) in [4.78, 5) is 24.2. The molecule has 1 N–H and O–H groups in total. The van der Waals surface area contributed by atoms with E-state index in [1.54, 1.807) is 31.2 Å². The number of rotatable bonds is 4. The SMILES string of the molecule is C[C@@H](NC(=O)Cn1ncc(=O)c2ccccc21)c1cccc(C(F)(F)F)c1. The lowest BCUT2D eigenvalue weighted by atomic mass is 10.0. The Bertz CT molecular complexity index is 1040. The molecule has 27 heavy (non-hydrogen) atoms. The van der Waals surface area contributed by atoms with Crippen LogP contribution in [0.25, 0.3) is 10.9 Å². The minimum Gasteiger partial charge on any atom is -0.348 e. The molecule has 0 fully saturated rings. The van der Waals surface area contributed by atoms with Gasteiger partial charge in [-0.2, -0.15) is 18.3 Å². The summed E-state index contributed by atoms with van der Waals surface area (Å²) < 4.78 is 39.9.